The molecule has 6 rings (SSSR count). The molecule has 6 nitrogen and oxygen atoms in total. The van der Waals surface area contributed by atoms with Crippen molar-refractivity contribution in [3.63, 3.8) is 0 Å². The van der Waals surface area contributed by atoms with Crippen molar-refractivity contribution in [1.29, 1.82) is 0 Å². The Balaban J connectivity index is 1.39. The maximum Gasteiger partial charge on any atom is 0.163 e. The Morgan fingerprint density at radius 2 is 1.72 bits per heavy atom. The van der Waals surface area contributed by atoms with Gasteiger partial charge in [0.15, 0.2) is 5.65 Å². The van der Waals surface area contributed by atoms with E-state index < -0.39 is 0 Å². The summed E-state index contributed by atoms with van der Waals surface area (Å²) in [4.78, 5) is 23.0. The van der Waals surface area contributed by atoms with Gasteiger partial charge >= 0.3 is 0 Å². The zero-order valence-corrected chi connectivity index (χ0v) is 17.8. The van der Waals surface area contributed by atoms with Crippen LogP contribution >= 0.6 is 0 Å². The number of hydrogen-bond acceptors (Lipinski definition) is 5. The average Bonchev–Trinajstić information content (AvgIpc) is 3.19. The molecule has 0 radical (unpaired) electrons. The largest absolute Gasteiger partial charge is 0.318 e. The molecule has 0 unspecified atom stereocenters. The van der Waals surface area contributed by atoms with Gasteiger partial charge in [-0.1, -0.05) is 36.4 Å². The Morgan fingerprint density at radius 3 is 2.66 bits per heavy atom. The van der Waals surface area contributed by atoms with E-state index in [2.05, 4.69) is 75.4 Å². The van der Waals surface area contributed by atoms with Crippen molar-refractivity contribution in [2.45, 2.75) is 13.3 Å². The second kappa shape index (κ2) is 7.20. The Morgan fingerprint density at radius 1 is 0.844 bits per heavy atom. The smallest absolute Gasteiger partial charge is 0.163 e. The fourth-order valence-corrected chi connectivity index (χ4v) is 4.22. The van der Waals surface area contributed by atoms with Gasteiger partial charge in [0.05, 0.1) is 29.3 Å². The number of nitrogens with zero attached hydrogens (tertiary/aromatic N) is 6. The van der Waals surface area contributed by atoms with Gasteiger partial charge < -0.3 is 4.57 Å². The van der Waals surface area contributed by atoms with E-state index in [-0.39, 0.29) is 0 Å². The molecule has 0 atom stereocenters. The number of aromatic nitrogens is 6. The van der Waals surface area contributed by atoms with Gasteiger partial charge in [-0.3, -0.25) is 4.98 Å². The van der Waals surface area contributed by atoms with Gasteiger partial charge in [-0.25, -0.2) is 19.9 Å². The molecule has 0 saturated carbocycles. The van der Waals surface area contributed by atoms with Gasteiger partial charge in [-0.15, -0.1) is 0 Å². The van der Waals surface area contributed by atoms with Crippen LogP contribution in [0.1, 0.15) is 17.0 Å². The van der Waals surface area contributed by atoms with Crippen LogP contribution in [0.4, 0.5) is 0 Å². The monoisotopic (exact) mass is 416 g/mol. The number of imidazole rings is 1. The van der Waals surface area contributed by atoms with Crippen molar-refractivity contribution in [3.8, 4) is 11.3 Å². The van der Waals surface area contributed by atoms with Gasteiger partial charge in [0.2, 0.25) is 0 Å². The maximum absolute atomic E-state index is 4.99. The van der Waals surface area contributed by atoms with Crippen molar-refractivity contribution in [3.05, 3.63) is 90.3 Å². The summed E-state index contributed by atoms with van der Waals surface area (Å²) in [5, 5.41) is 2.25. The lowest BCUT2D eigenvalue weighted by molar-refractivity contribution is 0.907. The van der Waals surface area contributed by atoms with Crippen molar-refractivity contribution in [1.82, 2.24) is 29.5 Å². The molecule has 0 bridgehead atoms. The van der Waals surface area contributed by atoms with Crippen molar-refractivity contribution >= 4 is 33.0 Å². The van der Waals surface area contributed by atoms with Crippen molar-refractivity contribution in [2.75, 3.05) is 0 Å². The van der Waals surface area contributed by atoms with Crippen LogP contribution in [0, 0.1) is 6.92 Å². The van der Waals surface area contributed by atoms with Crippen LogP contribution in [0.3, 0.4) is 0 Å². The predicted octanol–water partition coefficient (Wildman–Crippen LogP) is 5.03. The number of benzene rings is 2. The SMILES string of the molecule is Cc1c(-c2ccc3ccc(Cc4ncc5ncn(C)c5n4)cc3n2)ccc2cccnc12. The molecule has 0 saturated heterocycles. The minimum Gasteiger partial charge on any atom is -0.318 e. The quantitative estimate of drug-likeness (QED) is 0.405. The van der Waals surface area contributed by atoms with Crippen LogP contribution in [-0.4, -0.2) is 29.5 Å². The van der Waals surface area contributed by atoms with Crippen LogP contribution in [0.2, 0.25) is 0 Å². The Kier molecular flexibility index (Phi) is 4.18. The molecule has 0 spiro atoms. The Bertz CT molecular complexity index is 1630. The third kappa shape index (κ3) is 3.08. The highest BCUT2D eigenvalue weighted by Crippen LogP contribution is 2.29. The van der Waals surface area contributed by atoms with Crippen LogP contribution in [-0.2, 0) is 13.5 Å². The number of rotatable bonds is 3. The summed E-state index contributed by atoms with van der Waals surface area (Å²) in [6.45, 7) is 2.11. The summed E-state index contributed by atoms with van der Waals surface area (Å²) in [6, 6.07) is 18.9. The molecule has 0 aliphatic heterocycles. The van der Waals surface area contributed by atoms with E-state index in [1.807, 2.05) is 23.9 Å². The summed E-state index contributed by atoms with van der Waals surface area (Å²) in [6.07, 6.45) is 6.02. The van der Waals surface area contributed by atoms with Crippen LogP contribution in [0.15, 0.2) is 73.3 Å². The van der Waals surface area contributed by atoms with Gasteiger partial charge in [-0.2, -0.15) is 0 Å². The standard InChI is InChI=1S/C26H20N6/c1-16-20(9-7-19-4-3-11-27-25(16)19)21-10-8-18-6-5-17(12-22(18)30-21)13-24-28-14-23-26(31-24)32(2)15-29-23/h3-12,14-15H,13H2,1-2H3. The van der Waals surface area contributed by atoms with E-state index >= 15 is 0 Å². The molecule has 0 N–H and O–H groups in total. The first-order valence-electron chi connectivity index (χ1n) is 10.5. The molecule has 0 amide bonds. The number of pyridine rings is 2. The summed E-state index contributed by atoms with van der Waals surface area (Å²) in [5.74, 6) is 0.771. The fraction of sp³-hybridized carbons (Fsp3) is 0.115. The molecule has 6 aromatic rings. The van der Waals surface area contributed by atoms with Gasteiger partial charge in [0.25, 0.3) is 0 Å². The van der Waals surface area contributed by atoms with Crippen molar-refractivity contribution < 1.29 is 0 Å². The van der Waals surface area contributed by atoms with E-state index in [4.69, 9.17) is 4.98 Å². The van der Waals surface area contributed by atoms with Crippen LogP contribution < -0.4 is 0 Å². The Hall–Kier alpha value is -4.19. The van der Waals surface area contributed by atoms with E-state index in [9.17, 15) is 0 Å². The average molecular weight is 416 g/mol. The molecule has 0 aliphatic rings. The zero-order chi connectivity index (χ0) is 21.7. The molecule has 6 heteroatoms. The summed E-state index contributed by atoms with van der Waals surface area (Å²) < 4.78 is 1.91. The lowest BCUT2D eigenvalue weighted by Gasteiger charge is -2.10. The second-order valence-corrected chi connectivity index (χ2v) is 8.06. The molecular formula is C26H20N6. The lowest BCUT2D eigenvalue weighted by atomic mass is 10.0. The zero-order valence-electron chi connectivity index (χ0n) is 17.8. The lowest BCUT2D eigenvalue weighted by Crippen LogP contribution is -1.99. The minimum absolute atomic E-state index is 0.641. The topological polar surface area (TPSA) is 69.4 Å². The number of aryl methyl sites for hydroxylation is 2. The third-order valence-corrected chi connectivity index (χ3v) is 5.93. The van der Waals surface area contributed by atoms with E-state index in [0.717, 1.165) is 61.2 Å². The highest BCUT2D eigenvalue weighted by Gasteiger charge is 2.10. The number of hydrogen-bond donors (Lipinski definition) is 0. The number of fused-ring (bicyclic) bond motifs is 3. The molecule has 4 aromatic heterocycles. The molecule has 2 aromatic carbocycles. The molecule has 0 fully saturated rings. The Labute approximate surface area is 184 Å². The minimum atomic E-state index is 0.641. The highest BCUT2D eigenvalue weighted by molar-refractivity contribution is 5.89. The van der Waals surface area contributed by atoms with Crippen LogP contribution in [0.25, 0.3) is 44.2 Å². The van der Waals surface area contributed by atoms with Crippen LogP contribution in [0.5, 0.6) is 0 Å². The molecular weight excluding hydrogens is 396 g/mol. The highest BCUT2D eigenvalue weighted by atomic mass is 15.1. The van der Waals surface area contributed by atoms with Crippen molar-refractivity contribution in [2.24, 2.45) is 7.05 Å². The summed E-state index contributed by atoms with van der Waals surface area (Å²) >= 11 is 0. The first-order chi connectivity index (χ1) is 15.7. The summed E-state index contributed by atoms with van der Waals surface area (Å²) in [7, 11) is 1.94. The normalized spacial score (nSPS) is 11.6. The van der Waals surface area contributed by atoms with E-state index in [0.29, 0.717) is 6.42 Å². The first-order valence-corrected chi connectivity index (χ1v) is 10.5. The van der Waals surface area contributed by atoms with E-state index in [1.165, 1.54) is 0 Å². The second-order valence-electron chi connectivity index (χ2n) is 8.06. The summed E-state index contributed by atoms with van der Waals surface area (Å²) in [5.41, 5.74) is 7.95. The van der Waals surface area contributed by atoms with Gasteiger partial charge in [0, 0.05) is 36.0 Å². The molecule has 0 aliphatic carbocycles. The van der Waals surface area contributed by atoms with Gasteiger partial charge in [-0.05, 0) is 36.2 Å². The maximum atomic E-state index is 4.99. The third-order valence-electron chi connectivity index (χ3n) is 5.93. The predicted molar refractivity (Wildman–Crippen MR) is 126 cm³/mol. The fourth-order valence-electron chi connectivity index (χ4n) is 4.22. The molecule has 32 heavy (non-hydrogen) atoms. The molecule has 154 valence electrons. The van der Waals surface area contributed by atoms with Gasteiger partial charge in [0.1, 0.15) is 11.3 Å². The first kappa shape index (κ1) is 18.6. The molecule has 4 heterocycles. The van der Waals surface area contributed by atoms with E-state index in [1.54, 1.807) is 12.5 Å².